The van der Waals surface area contributed by atoms with Gasteiger partial charge in [-0.15, -0.1) is 0 Å². The number of anilines is 1. The van der Waals surface area contributed by atoms with Gasteiger partial charge in [-0.1, -0.05) is 18.2 Å². The Hall–Kier alpha value is -2.67. The van der Waals surface area contributed by atoms with E-state index in [9.17, 15) is 4.39 Å². The first-order valence-electron chi connectivity index (χ1n) is 9.22. The third-order valence-corrected chi connectivity index (χ3v) is 4.72. The Kier molecular flexibility index (Phi) is 6.59. The summed E-state index contributed by atoms with van der Waals surface area (Å²) >= 11 is 0. The first-order valence-corrected chi connectivity index (χ1v) is 9.22. The minimum Gasteiger partial charge on any atom is -0.354 e. The maximum atomic E-state index is 13.7. The predicted molar refractivity (Wildman–Crippen MR) is 107 cm³/mol. The lowest BCUT2D eigenvalue weighted by atomic mass is 10.2. The number of benzene rings is 1. The van der Waals surface area contributed by atoms with Crippen molar-refractivity contribution in [3.05, 3.63) is 59.5 Å². The van der Waals surface area contributed by atoms with Crippen molar-refractivity contribution in [3.8, 4) is 0 Å². The van der Waals surface area contributed by atoms with Crippen LogP contribution in [0.2, 0.25) is 0 Å². The molecular formula is C20H27FN6. The number of pyridine rings is 1. The van der Waals surface area contributed by atoms with E-state index in [0.717, 1.165) is 37.6 Å². The molecule has 1 aliphatic heterocycles. The standard InChI is InChI=1S/C20H27FN6/c1-22-20(25-15-17-5-3-4-6-18(17)21)24-14-16-7-8-23-19(13-16)27-11-9-26(2)10-12-27/h3-8,13H,9-12,14-15H2,1-2H3,(H2,22,24,25). The van der Waals surface area contributed by atoms with E-state index in [1.807, 2.05) is 18.3 Å². The zero-order valence-corrected chi connectivity index (χ0v) is 16.0. The molecule has 1 saturated heterocycles. The van der Waals surface area contributed by atoms with Crippen LogP contribution in [0.5, 0.6) is 0 Å². The Balaban J connectivity index is 1.54. The second kappa shape index (κ2) is 9.32. The summed E-state index contributed by atoms with van der Waals surface area (Å²) in [6.07, 6.45) is 1.85. The molecule has 0 saturated carbocycles. The number of guanidine groups is 1. The van der Waals surface area contributed by atoms with Gasteiger partial charge in [0.2, 0.25) is 0 Å². The topological polar surface area (TPSA) is 55.8 Å². The number of nitrogens with one attached hydrogen (secondary N) is 2. The van der Waals surface area contributed by atoms with E-state index in [0.29, 0.717) is 24.6 Å². The molecule has 144 valence electrons. The maximum absolute atomic E-state index is 13.7. The van der Waals surface area contributed by atoms with Crippen LogP contribution in [-0.2, 0) is 13.1 Å². The van der Waals surface area contributed by atoms with E-state index < -0.39 is 0 Å². The molecule has 0 radical (unpaired) electrons. The van der Waals surface area contributed by atoms with E-state index >= 15 is 0 Å². The highest BCUT2D eigenvalue weighted by atomic mass is 19.1. The third-order valence-electron chi connectivity index (χ3n) is 4.72. The number of hydrogen-bond donors (Lipinski definition) is 2. The van der Waals surface area contributed by atoms with Crippen molar-refractivity contribution in [2.45, 2.75) is 13.1 Å². The number of halogens is 1. The molecular weight excluding hydrogens is 343 g/mol. The molecule has 0 unspecified atom stereocenters. The molecule has 0 spiro atoms. The van der Waals surface area contributed by atoms with Crippen molar-refractivity contribution < 1.29 is 4.39 Å². The van der Waals surface area contributed by atoms with Gasteiger partial charge in [0.15, 0.2) is 5.96 Å². The summed E-state index contributed by atoms with van der Waals surface area (Å²) in [4.78, 5) is 13.4. The van der Waals surface area contributed by atoms with Crippen LogP contribution in [0, 0.1) is 5.82 Å². The molecule has 1 aromatic heterocycles. The van der Waals surface area contributed by atoms with Gasteiger partial charge in [0.05, 0.1) is 0 Å². The molecule has 0 bridgehead atoms. The first-order chi connectivity index (χ1) is 13.2. The Bertz CT molecular complexity index is 771. The lowest BCUT2D eigenvalue weighted by molar-refractivity contribution is 0.312. The molecule has 1 aromatic carbocycles. The van der Waals surface area contributed by atoms with Crippen molar-refractivity contribution in [2.24, 2.45) is 4.99 Å². The quantitative estimate of drug-likeness (QED) is 0.621. The molecule has 1 fully saturated rings. The van der Waals surface area contributed by atoms with Gasteiger partial charge in [0, 0.05) is 58.1 Å². The highest BCUT2D eigenvalue weighted by Crippen LogP contribution is 2.14. The first kappa shape index (κ1) is 19.1. The van der Waals surface area contributed by atoms with E-state index in [2.05, 4.69) is 43.5 Å². The number of piperazine rings is 1. The predicted octanol–water partition coefficient (Wildman–Crippen LogP) is 1.84. The van der Waals surface area contributed by atoms with E-state index in [1.165, 1.54) is 6.07 Å². The van der Waals surface area contributed by atoms with Crippen molar-refractivity contribution in [3.63, 3.8) is 0 Å². The van der Waals surface area contributed by atoms with E-state index in [1.54, 1.807) is 19.2 Å². The zero-order valence-electron chi connectivity index (χ0n) is 16.0. The average Bonchev–Trinajstić information content (AvgIpc) is 2.70. The van der Waals surface area contributed by atoms with Crippen molar-refractivity contribution in [2.75, 3.05) is 45.2 Å². The Labute approximate surface area is 160 Å². The highest BCUT2D eigenvalue weighted by Gasteiger charge is 2.15. The molecule has 0 amide bonds. The molecule has 0 atom stereocenters. The summed E-state index contributed by atoms with van der Waals surface area (Å²) in [5, 5.41) is 6.42. The summed E-state index contributed by atoms with van der Waals surface area (Å²) in [5.41, 5.74) is 1.74. The van der Waals surface area contributed by atoms with Crippen LogP contribution in [-0.4, -0.2) is 56.1 Å². The van der Waals surface area contributed by atoms with Gasteiger partial charge < -0.3 is 20.4 Å². The molecule has 6 nitrogen and oxygen atoms in total. The molecule has 7 heteroatoms. The fourth-order valence-electron chi connectivity index (χ4n) is 3.01. The fraction of sp³-hybridized carbons (Fsp3) is 0.400. The van der Waals surface area contributed by atoms with Gasteiger partial charge in [-0.3, -0.25) is 4.99 Å². The number of hydrogen-bond acceptors (Lipinski definition) is 4. The van der Waals surface area contributed by atoms with Gasteiger partial charge in [-0.2, -0.15) is 0 Å². The summed E-state index contributed by atoms with van der Waals surface area (Å²) in [5.74, 6) is 1.43. The van der Waals surface area contributed by atoms with E-state index in [-0.39, 0.29) is 5.82 Å². The number of nitrogens with zero attached hydrogens (tertiary/aromatic N) is 4. The van der Waals surface area contributed by atoms with Crippen LogP contribution >= 0.6 is 0 Å². The largest absolute Gasteiger partial charge is 0.354 e. The molecule has 2 heterocycles. The zero-order chi connectivity index (χ0) is 19.1. The smallest absolute Gasteiger partial charge is 0.191 e. The van der Waals surface area contributed by atoms with Crippen LogP contribution in [0.1, 0.15) is 11.1 Å². The summed E-state index contributed by atoms with van der Waals surface area (Å²) < 4.78 is 13.7. The summed E-state index contributed by atoms with van der Waals surface area (Å²) in [6, 6.07) is 10.9. The second-order valence-corrected chi connectivity index (χ2v) is 6.68. The fourth-order valence-corrected chi connectivity index (χ4v) is 3.01. The van der Waals surface area contributed by atoms with Gasteiger partial charge in [0.25, 0.3) is 0 Å². The van der Waals surface area contributed by atoms with Crippen molar-refractivity contribution >= 4 is 11.8 Å². The number of aliphatic imine (C=N–C) groups is 1. The van der Waals surface area contributed by atoms with Crippen LogP contribution in [0.25, 0.3) is 0 Å². The normalized spacial score (nSPS) is 15.7. The van der Waals surface area contributed by atoms with E-state index in [4.69, 9.17) is 0 Å². The van der Waals surface area contributed by atoms with Gasteiger partial charge in [-0.05, 0) is 30.8 Å². The number of aromatic nitrogens is 1. The summed E-state index contributed by atoms with van der Waals surface area (Å²) in [6.45, 7) is 5.10. The summed E-state index contributed by atoms with van der Waals surface area (Å²) in [7, 11) is 3.85. The Morgan fingerprint density at radius 2 is 1.85 bits per heavy atom. The number of likely N-dealkylation sites (N-methyl/N-ethyl adjacent to an activating group) is 1. The van der Waals surface area contributed by atoms with Gasteiger partial charge >= 0.3 is 0 Å². The number of rotatable bonds is 5. The van der Waals surface area contributed by atoms with Crippen LogP contribution in [0.3, 0.4) is 0 Å². The lowest BCUT2D eigenvalue weighted by Gasteiger charge is -2.33. The van der Waals surface area contributed by atoms with Crippen LogP contribution in [0.4, 0.5) is 10.2 Å². The monoisotopic (exact) mass is 370 g/mol. The van der Waals surface area contributed by atoms with Crippen molar-refractivity contribution in [1.82, 2.24) is 20.5 Å². The molecule has 2 N–H and O–H groups in total. The van der Waals surface area contributed by atoms with Crippen molar-refractivity contribution in [1.29, 1.82) is 0 Å². The third kappa shape index (κ3) is 5.40. The molecule has 2 aromatic rings. The van der Waals surface area contributed by atoms with Crippen LogP contribution < -0.4 is 15.5 Å². The van der Waals surface area contributed by atoms with Crippen LogP contribution in [0.15, 0.2) is 47.6 Å². The highest BCUT2D eigenvalue weighted by molar-refractivity contribution is 5.79. The maximum Gasteiger partial charge on any atom is 0.191 e. The Morgan fingerprint density at radius 1 is 1.11 bits per heavy atom. The minimum atomic E-state index is -0.216. The second-order valence-electron chi connectivity index (χ2n) is 6.68. The molecule has 27 heavy (non-hydrogen) atoms. The van der Waals surface area contributed by atoms with Gasteiger partial charge in [-0.25, -0.2) is 9.37 Å². The lowest BCUT2D eigenvalue weighted by Crippen LogP contribution is -2.44. The molecule has 0 aliphatic carbocycles. The molecule has 3 rings (SSSR count). The minimum absolute atomic E-state index is 0.216. The SMILES string of the molecule is CN=C(NCc1ccnc(N2CCN(C)CC2)c1)NCc1ccccc1F. The average molecular weight is 370 g/mol. The molecule has 1 aliphatic rings. The van der Waals surface area contributed by atoms with Gasteiger partial charge in [0.1, 0.15) is 11.6 Å². The Morgan fingerprint density at radius 3 is 2.59 bits per heavy atom.